The van der Waals surface area contributed by atoms with Gasteiger partial charge in [-0.2, -0.15) is 0 Å². The first-order valence-corrected chi connectivity index (χ1v) is 7.12. The van der Waals surface area contributed by atoms with Crippen molar-refractivity contribution in [3.63, 3.8) is 0 Å². The highest BCUT2D eigenvalue weighted by atomic mass is 35.5. The Balaban J connectivity index is 1.80. The number of nitrogens with zero attached hydrogens (tertiary/aromatic N) is 1. The third-order valence-corrected chi connectivity index (χ3v) is 4.14. The maximum atomic E-state index is 6.54. The zero-order valence-corrected chi connectivity index (χ0v) is 11.2. The Hall–Kier alpha value is -1.05. The minimum Gasteiger partial charge on any atom is -0.302 e. The molecular formula is C16H18ClN. The van der Waals surface area contributed by atoms with E-state index in [2.05, 4.69) is 47.4 Å². The Morgan fingerprint density at radius 2 is 1.72 bits per heavy atom. The molecule has 1 fully saturated rings. The summed E-state index contributed by atoms with van der Waals surface area (Å²) in [5.74, 6) is 0. The summed E-state index contributed by atoms with van der Waals surface area (Å²) >= 11 is 6.54. The van der Waals surface area contributed by atoms with Gasteiger partial charge >= 0.3 is 0 Å². The molecule has 1 aliphatic heterocycles. The van der Waals surface area contributed by atoms with Crippen LogP contribution in [0.1, 0.15) is 23.8 Å². The average Bonchev–Trinajstić information content (AvgIpc) is 2.91. The summed E-state index contributed by atoms with van der Waals surface area (Å²) in [6.07, 6.45) is 2.64. The molecule has 18 heavy (non-hydrogen) atoms. The van der Waals surface area contributed by atoms with Crippen molar-refractivity contribution >= 4 is 22.4 Å². The third-order valence-electron chi connectivity index (χ3n) is 3.75. The van der Waals surface area contributed by atoms with Crippen LogP contribution < -0.4 is 0 Å². The first kappa shape index (κ1) is 12.0. The predicted molar refractivity (Wildman–Crippen MR) is 78.2 cm³/mol. The number of benzene rings is 2. The van der Waals surface area contributed by atoms with E-state index in [-0.39, 0.29) is 5.38 Å². The van der Waals surface area contributed by atoms with Crippen molar-refractivity contribution in [3.8, 4) is 0 Å². The summed E-state index contributed by atoms with van der Waals surface area (Å²) < 4.78 is 0. The molecule has 1 aliphatic rings. The minimum atomic E-state index is 0.104. The summed E-state index contributed by atoms with van der Waals surface area (Å²) in [5.41, 5.74) is 1.24. The molecule has 1 atom stereocenters. The summed E-state index contributed by atoms with van der Waals surface area (Å²) in [6, 6.07) is 15.0. The van der Waals surface area contributed by atoms with Crippen LogP contribution in [0.2, 0.25) is 0 Å². The number of rotatable bonds is 3. The highest BCUT2D eigenvalue weighted by Crippen LogP contribution is 2.26. The van der Waals surface area contributed by atoms with Gasteiger partial charge in [0.05, 0.1) is 5.38 Å². The maximum absolute atomic E-state index is 6.54. The first-order valence-electron chi connectivity index (χ1n) is 6.68. The molecule has 0 radical (unpaired) electrons. The monoisotopic (exact) mass is 259 g/mol. The zero-order valence-electron chi connectivity index (χ0n) is 10.5. The van der Waals surface area contributed by atoms with Gasteiger partial charge in [0.25, 0.3) is 0 Å². The lowest BCUT2D eigenvalue weighted by Gasteiger charge is -2.19. The molecule has 0 N–H and O–H groups in total. The second kappa shape index (κ2) is 5.29. The van der Waals surface area contributed by atoms with E-state index >= 15 is 0 Å². The van der Waals surface area contributed by atoms with Crippen LogP contribution in [0, 0.1) is 0 Å². The lowest BCUT2D eigenvalue weighted by Crippen LogP contribution is -2.23. The van der Waals surface area contributed by atoms with Crippen molar-refractivity contribution in [1.29, 1.82) is 0 Å². The van der Waals surface area contributed by atoms with Crippen LogP contribution in [-0.2, 0) is 0 Å². The number of hydrogen-bond acceptors (Lipinski definition) is 1. The number of halogens is 1. The van der Waals surface area contributed by atoms with E-state index in [0.717, 1.165) is 6.54 Å². The van der Waals surface area contributed by atoms with Gasteiger partial charge in [-0.15, -0.1) is 11.6 Å². The topological polar surface area (TPSA) is 3.24 Å². The van der Waals surface area contributed by atoms with Crippen molar-refractivity contribution in [1.82, 2.24) is 4.90 Å². The van der Waals surface area contributed by atoms with Crippen molar-refractivity contribution in [2.24, 2.45) is 0 Å². The molecule has 2 aromatic rings. The predicted octanol–water partition coefficient (Wildman–Crippen LogP) is 4.22. The number of fused-ring (bicyclic) bond motifs is 1. The standard InChI is InChI=1S/C16H18ClN/c17-16(12-18-9-3-4-10-18)15-8-7-13-5-1-2-6-14(13)11-15/h1-2,5-8,11,16H,3-4,9-10,12H2. The summed E-state index contributed by atoms with van der Waals surface area (Å²) in [6.45, 7) is 3.38. The third kappa shape index (κ3) is 2.52. The van der Waals surface area contributed by atoms with Crippen LogP contribution in [0.3, 0.4) is 0 Å². The van der Waals surface area contributed by atoms with Gasteiger partial charge in [-0.3, -0.25) is 0 Å². The largest absolute Gasteiger partial charge is 0.302 e. The second-order valence-electron chi connectivity index (χ2n) is 5.08. The smallest absolute Gasteiger partial charge is 0.0712 e. The summed E-state index contributed by atoms with van der Waals surface area (Å²) in [7, 11) is 0. The van der Waals surface area contributed by atoms with Crippen LogP contribution >= 0.6 is 11.6 Å². The van der Waals surface area contributed by atoms with Gasteiger partial charge in [0.2, 0.25) is 0 Å². The minimum absolute atomic E-state index is 0.104. The van der Waals surface area contributed by atoms with E-state index < -0.39 is 0 Å². The van der Waals surface area contributed by atoms with E-state index in [0.29, 0.717) is 0 Å². The highest BCUT2D eigenvalue weighted by molar-refractivity contribution is 6.21. The van der Waals surface area contributed by atoms with E-state index in [1.54, 1.807) is 0 Å². The molecule has 94 valence electrons. The first-order chi connectivity index (χ1) is 8.83. The van der Waals surface area contributed by atoms with Gasteiger partial charge < -0.3 is 4.90 Å². The molecular weight excluding hydrogens is 242 g/mol. The fourth-order valence-electron chi connectivity index (χ4n) is 2.70. The SMILES string of the molecule is ClC(CN1CCCC1)c1ccc2ccccc2c1. The lowest BCUT2D eigenvalue weighted by molar-refractivity contribution is 0.339. The normalized spacial score (nSPS) is 18.3. The Kier molecular flexibility index (Phi) is 3.53. The molecule has 0 spiro atoms. The van der Waals surface area contributed by atoms with Gasteiger partial charge in [-0.1, -0.05) is 36.4 Å². The molecule has 1 unspecified atom stereocenters. The Bertz CT molecular complexity index is 531. The van der Waals surface area contributed by atoms with Gasteiger partial charge in [0.1, 0.15) is 0 Å². The molecule has 0 saturated carbocycles. The van der Waals surface area contributed by atoms with Crippen LogP contribution in [0.15, 0.2) is 42.5 Å². The Morgan fingerprint density at radius 3 is 2.50 bits per heavy atom. The van der Waals surface area contributed by atoms with E-state index in [9.17, 15) is 0 Å². The molecule has 3 rings (SSSR count). The molecule has 0 bridgehead atoms. The summed E-state index contributed by atoms with van der Waals surface area (Å²) in [5, 5.41) is 2.67. The molecule has 1 nitrogen and oxygen atoms in total. The Labute approximate surface area is 113 Å². The van der Waals surface area contributed by atoms with Gasteiger partial charge in [-0.25, -0.2) is 0 Å². The van der Waals surface area contributed by atoms with Crippen LogP contribution in [-0.4, -0.2) is 24.5 Å². The van der Waals surface area contributed by atoms with Gasteiger partial charge in [0.15, 0.2) is 0 Å². The second-order valence-corrected chi connectivity index (χ2v) is 5.61. The number of alkyl halides is 1. The van der Waals surface area contributed by atoms with Crippen molar-refractivity contribution in [3.05, 3.63) is 48.0 Å². The van der Waals surface area contributed by atoms with E-state index in [1.807, 2.05) is 0 Å². The Morgan fingerprint density at radius 1 is 1.00 bits per heavy atom. The molecule has 2 heteroatoms. The number of hydrogen-bond donors (Lipinski definition) is 0. The lowest BCUT2D eigenvalue weighted by atomic mass is 10.0. The molecule has 2 aromatic carbocycles. The highest BCUT2D eigenvalue weighted by Gasteiger charge is 2.17. The van der Waals surface area contributed by atoms with Crippen molar-refractivity contribution in [2.45, 2.75) is 18.2 Å². The molecule has 0 aromatic heterocycles. The fourth-order valence-corrected chi connectivity index (χ4v) is 3.03. The zero-order chi connectivity index (χ0) is 12.4. The van der Waals surface area contributed by atoms with E-state index in [1.165, 1.54) is 42.3 Å². The van der Waals surface area contributed by atoms with Crippen molar-refractivity contribution < 1.29 is 0 Å². The van der Waals surface area contributed by atoms with E-state index in [4.69, 9.17) is 11.6 Å². The maximum Gasteiger partial charge on any atom is 0.0712 e. The summed E-state index contributed by atoms with van der Waals surface area (Å²) in [4.78, 5) is 2.47. The average molecular weight is 260 g/mol. The number of likely N-dealkylation sites (tertiary alicyclic amines) is 1. The van der Waals surface area contributed by atoms with Crippen LogP contribution in [0.25, 0.3) is 10.8 Å². The van der Waals surface area contributed by atoms with Gasteiger partial charge in [0, 0.05) is 6.54 Å². The molecule has 0 aliphatic carbocycles. The molecule has 1 heterocycles. The van der Waals surface area contributed by atoms with Crippen LogP contribution in [0.5, 0.6) is 0 Å². The van der Waals surface area contributed by atoms with Gasteiger partial charge in [-0.05, 0) is 48.3 Å². The fraction of sp³-hybridized carbons (Fsp3) is 0.375. The quantitative estimate of drug-likeness (QED) is 0.746. The molecule has 1 saturated heterocycles. The van der Waals surface area contributed by atoms with Crippen molar-refractivity contribution in [2.75, 3.05) is 19.6 Å². The van der Waals surface area contributed by atoms with Crippen LogP contribution in [0.4, 0.5) is 0 Å². The molecule has 0 amide bonds.